The van der Waals surface area contributed by atoms with E-state index in [1.54, 1.807) is 17.5 Å². The minimum absolute atomic E-state index is 0. The zero-order chi connectivity index (χ0) is 17.2. The lowest BCUT2D eigenvalue weighted by molar-refractivity contribution is -0.689. The van der Waals surface area contributed by atoms with E-state index < -0.39 is 0 Å². The summed E-state index contributed by atoms with van der Waals surface area (Å²) >= 11 is 5.41. The van der Waals surface area contributed by atoms with Crippen molar-refractivity contribution in [3.8, 4) is 0 Å². The Morgan fingerprint density at radius 2 is 2.04 bits per heavy atom. The van der Waals surface area contributed by atoms with E-state index in [2.05, 4.69) is 26.2 Å². The van der Waals surface area contributed by atoms with Crippen LogP contribution in [0.3, 0.4) is 0 Å². The molecular formula is C14H23ClN4O2S3. The van der Waals surface area contributed by atoms with Gasteiger partial charge in [0.25, 0.3) is 0 Å². The lowest BCUT2D eigenvalue weighted by Crippen LogP contribution is -3.00. The fraction of sp³-hybridized carbons (Fsp3) is 0.500. The fourth-order valence-electron chi connectivity index (χ4n) is 1.81. The third kappa shape index (κ3) is 7.54. The highest BCUT2D eigenvalue weighted by atomic mass is 35.5. The molecule has 6 nitrogen and oxygen atoms in total. The largest absolute Gasteiger partial charge is 1.00 e. The van der Waals surface area contributed by atoms with Gasteiger partial charge < -0.3 is 28.4 Å². The average Bonchev–Trinajstić information content (AvgIpc) is 2.85. The minimum Gasteiger partial charge on any atom is -1.00 e. The number of aliphatic hydroxyl groups excluding tert-OH is 2. The molecule has 2 aromatic heterocycles. The van der Waals surface area contributed by atoms with Crippen LogP contribution in [0, 0.1) is 13.8 Å². The van der Waals surface area contributed by atoms with Gasteiger partial charge in [0.1, 0.15) is 11.6 Å². The van der Waals surface area contributed by atoms with Gasteiger partial charge in [-0.1, -0.05) is 22.1 Å². The van der Waals surface area contributed by atoms with Crippen molar-refractivity contribution in [3.63, 3.8) is 0 Å². The number of nitrogen functional groups attached to an aromatic ring is 1. The molecule has 0 radical (unpaired) electrons. The molecule has 4 N–H and O–H groups in total. The quantitative estimate of drug-likeness (QED) is 0.254. The predicted octanol–water partition coefficient (Wildman–Crippen LogP) is -1.83. The molecule has 2 aromatic rings. The second-order valence-corrected chi connectivity index (χ2v) is 7.10. The highest BCUT2D eigenvalue weighted by molar-refractivity contribution is 8.68. The van der Waals surface area contributed by atoms with E-state index in [-0.39, 0.29) is 25.6 Å². The molecule has 0 unspecified atom stereocenters. The zero-order valence-corrected chi connectivity index (χ0v) is 16.9. The van der Waals surface area contributed by atoms with Crippen LogP contribution in [0.2, 0.25) is 0 Å². The normalized spacial score (nSPS) is 9.88. The SMILES string of the molecule is Cc1ncc(C[n+]2csc(CCO)c2C)c(N)n1.OCCSS.[Cl-]. The molecule has 0 aliphatic rings. The topological polar surface area (TPSA) is 96.1 Å². The number of nitrogens with zero attached hydrogens (tertiary/aromatic N) is 3. The van der Waals surface area contributed by atoms with E-state index in [4.69, 9.17) is 15.9 Å². The number of aromatic nitrogens is 3. The second kappa shape index (κ2) is 12.7. The molecule has 0 amide bonds. The fourth-order valence-corrected chi connectivity index (χ4v) is 3.12. The van der Waals surface area contributed by atoms with Crippen molar-refractivity contribution >= 4 is 39.6 Å². The minimum atomic E-state index is 0. The van der Waals surface area contributed by atoms with E-state index in [0.717, 1.165) is 17.0 Å². The van der Waals surface area contributed by atoms with Crippen LogP contribution in [-0.4, -0.2) is 39.1 Å². The Kier molecular flexibility index (Phi) is 12.4. The number of halogens is 1. The smallest absolute Gasteiger partial charge is 0.225 e. The molecule has 0 fully saturated rings. The molecule has 0 atom stereocenters. The standard InChI is InChI=1S/C12H17N4OS.C2H6OS2.ClH/c1-8-11(3-4-17)18-7-16(8)6-10-5-14-9(2)15-12(10)13;3-1-2-5-4;/h5,7,17H,3-4,6H2,1-2H3,(H2,13,14,15);3-4H,1-2H2;1H/q+1;;/p-1. The van der Waals surface area contributed by atoms with E-state index in [1.165, 1.54) is 15.7 Å². The summed E-state index contributed by atoms with van der Waals surface area (Å²) in [5.74, 6) is 1.94. The van der Waals surface area contributed by atoms with Crippen LogP contribution in [0.25, 0.3) is 0 Å². The molecule has 0 aliphatic heterocycles. The van der Waals surface area contributed by atoms with Crippen LogP contribution in [-0.2, 0) is 13.0 Å². The Morgan fingerprint density at radius 3 is 2.54 bits per heavy atom. The molecule has 0 aromatic carbocycles. The second-order valence-electron chi connectivity index (χ2n) is 4.72. The first-order valence-electron chi connectivity index (χ1n) is 7.06. The molecular weight excluding hydrogens is 388 g/mol. The van der Waals surface area contributed by atoms with Crippen molar-refractivity contribution < 1.29 is 27.2 Å². The van der Waals surface area contributed by atoms with Gasteiger partial charge in [0.2, 0.25) is 5.51 Å². The van der Waals surface area contributed by atoms with Gasteiger partial charge in [-0.2, -0.15) is 4.57 Å². The van der Waals surface area contributed by atoms with Crippen molar-refractivity contribution in [2.75, 3.05) is 24.7 Å². The molecule has 0 spiro atoms. The molecule has 0 saturated carbocycles. The number of nitrogens with two attached hydrogens (primary N) is 1. The summed E-state index contributed by atoms with van der Waals surface area (Å²) in [5, 5.41) is 17.0. The van der Waals surface area contributed by atoms with Gasteiger partial charge in [0.15, 0.2) is 12.2 Å². The number of hydrogen-bond acceptors (Lipinski definition) is 8. The van der Waals surface area contributed by atoms with Gasteiger partial charge in [-0.15, -0.1) is 11.7 Å². The summed E-state index contributed by atoms with van der Waals surface area (Å²) in [6, 6.07) is 0. The maximum absolute atomic E-state index is 8.98. The van der Waals surface area contributed by atoms with Gasteiger partial charge in [-0.05, 0) is 6.92 Å². The van der Waals surface area contributed by atoms with Gasteiger partial charge in [-0.3, -0.25) is 0 Å². The highest BCUT2D eigenvalue weighted by Gasteiger charge is 2.16. The van der Waals surface area contributed by atoms with Crippen LogP contribution < -0.4 is 22.7 Å². The van der Waals surface area contributed by atoms with Crippen molar-refractivity contribution in [2.45, 2.75) is 26.8 Å². The Bertz CT molecular complexity index is 612. The monoisotopic (exact) mass is 410 g/mol. The molecule has 0 bridgehead atoms. The number of hydrogen-bond donors (Lipinski definition) is 4. The Hall–Kier alpha value is -0.580. The van der Waals surface area contributed by atoms with Crippen LogP contribution in [0.4, 0.5) is 5.82 Å². The van der Waals surface area contributed by atoms with E-state index in [9.17, 15) is 0 Å². The first-order valence-corrected chi connectivity index (χ1v) is 9.97. The third-order valence-electron chi connectivity index (χ3n) is 3.04. The summed E-state index contributed by atoms with van der Waals surface area (Å²) < 4.78 is 2.11. The first-order chi connectivity index (χ1) is 11.0. The number of aliphatic hydroxyl groups is 2. The number of rotatable bonds is 6. The average molecular weight is 411 g/mol. The summed E-state index contributed by atoms with van der Waals surface area (Å²) in [6.45, 7) is 4.94. The number of thiazole rings is 1. The number of aryl methyl sites for hydroxylation is 1. The van der Waals surface area contributed by atoms with Crippen LogP contribution in [0.15, 0.2) is 11.7 Å². The van der Waals surface area contributed by atoms with Crippen LogP contribution in [0.1, 0.15) is 22.0 Å². The number of thiol groups is 1. The summed E-state index contributed by atoms with van der Waals surface area (Å²) in [7, 11) is 1.35. The van der Waals surface area contributed by atoms with Crippen molar-refractivity contribution in [1.82, 2.24) is 9.97 Å². The van der Waals surface area contributed by atoms with Crippen molar-refractivity contribution in [3.05, 3.63) is 33.7 Å². The molecule has 0 saturated heterocycles. The third-order valence-corrected chi connectivity index (χ3v) is 5.09. The van der Waals surface area contributed by atoms with Gasteiger partial charge in [-0.25, -0.2) is 9.97 Å². The Labute approximate surface area is 161 Å². The van der Waals surface area contributed by atoms with Crippen molar-refractivity contribution in [1.29, 1.82) is 0 Å². The predicted molar refractivity (Wildman–Crippen MR) is 98.9 cm³/mol. The molecule has 136 valence electrons. The lowest BCUT2D eigenvalue weighted by Gasteiger charge is -2.01. The van der Waals surface area contributed by atoms with Crippen molar-refractivity contribution in [2.24, 2.45) is 0 Å². The van der Waals surface area contributed by atoms with Gasteiger partial charge >= 0.3 is 0 Å². The summed E-state index contributed by atoms with van der Waals surface area (Å²) in [5.41, 5.74) is 10.0. The number of anilines is 1. The maximum Gasteiger partial charge on any atom is 0.225 e. The van der Waals surface area contributed by atoms with E-state index in [0.29, 0.717) is 24.6 Å². The highest BCUT2D eigenvalue weighted by Crippen LogP contribution is 2.13. The van der Waals surface area contributed by atoms with Crippen LogP contribution in [0.5, 0.6) is 0 Å². The molecule has 10 heteroatoms. The lowest BCUT2D eigenvalue weighted by atomic mass is 10.2. The van der Waals surface area contributed by atoms with E-state index in [1.807, 2.05) is 19.4 Å². The molecule has 2 rings (SSSR count). The van der Waals surface area contributed by atoms with Gasteiger partial charge in [0.05, 0.1) is 17.0 Å². The zero-order valence-electron chi connectivity index (χ0n) is 13.6. The van der Waals surface area contributed by atoms with Gasteiger partial charge in [0, 0.05) is 31.9 Å². The Morgan fingerprint density at radius 1 is 1.33 bits per heavy atom. The molecule has 0 aliphatic carbocycles. The first kappa shape index (κ1) is 23.4. The van der Waals surface area contributed by atoms with E-state index >= 15 is 0 Å². The summed E-state index contributed by atoms with van der Waals surface area (Å²) in [4.78, 5) is 9.53. The molecule has 24 heavy (non-hydrogen) atoms. The maximum atomic E-state index is 8.98. The summed E-state index contributed by atoms with van der Waals surface area (Å²) in [6.07, 6.45) is 2.47. The van der Waals surface area contributed by atoms with Crippen LogP contribution >= 0.6 is 33.8 Å². The Balaban J connectivity index is 0.000000777. The molecule has 2 heterocycles.